The van der Waals surface area contributed by atoms with E-state index >= 15 is 0 Å². The highest BCUT2D eigenvalue weighted by molar-refractivity contribution is 6.42. The molecule has 2 amide bonds. The second-order valence-electron chi connectivity index (χ2n) is 9.24. The van der Waals surface area contributed by atoms with Crippen LogP contribution in [0.25, 0.3) is 10.9 Å². The highest BCUT2D eigenvalue weighted by Gasteiger charge is 2.22. The zero-order chi connectivity index (χ0) is 25.8. The molecule has 1 aliphatic rings. The number of amides is 2. The lowest BCUT2D eigenvalue weighted by atomic mass is 10.1. The first-order valence-electron chi connectivity index (χ1n) is 12.0. The van der Waals surface area contributed by atoms with E-state index in [4.69, 9.17) is 23.2 Å². The van der Waals surface area contributed by atoms with Gasteiger partial charge < -0.3 is 15.1 Å². The van der Waals surface area contributed by atoms with E-state index in [1.54, 1.807) is 17.0 Å². The van der Waals surface area contributed by atoms with Crippen LogP contribution in [-0.2, 0) is 17.8 Å². The topological polar surface area (TPSA) is 87.5 Å². The fourth-order valence-corrected chi connectivity index (χ4v) is 4.53. The number of hydrogen-bond donors (Lipinski definition) is 1. The Hall–Kier alpha value is -3.10. The number of ketones is 1. The van der Waals surface area contributed by atoms with E-state index in [9.17, 15) is 14.4 Å². The van der Waals surface area contributed by atoms with Gasteiger partial charge in [-0.05, 0) is 56.2 Å². The van der Waals surface area contributed by atoms with Crippen LogP contribution in [0, 0.1) is 0 Å². The SMILES string of the molecule is CC(C)NC(=O)N1CCN(c2ccc3ncn(CC(=O)CCc4ccc(Cl)c(Cl)c4)c(=O)c3c2)CC1. The van der Waals surface area contributed by atoms with Gasteiger partial charge in [0.1, 0.15) is 0 Å². The van der Waals surface area contributed by atoms with E-state index in [1.165, 1.54) is 10.9 Å². The molecule has 190 valence electrons. The van der Waals surface area contributed by atoms with Gasteiger partial charge in [0.05, 0.1) is 33.8 Å². The summed E-state index contributed by atoms with van der Waals surface area (Å²) in [4.78, 5) is 46.4. The van der Waals surface area contributed by atoms with Crippen molar-refractivity contribution in [1.29, 1.82) is 0 Å². The number of anilines is 1. The number of urea groups is 1. The second kappa shape index (κ2) is 11.3. The Morgan fingerprint density at radius 2 is 1.78 bits per heavy atom. The first kappa shape index (κ1) is 26.0. The summed E-state index contributed by atoms with van der Waals surface area (Å²) in [6.07, 6.45) is 2.21. The smallest absolute Gasteiger partial charge is 0.317 e. The molecule has 2 aromatic carbocycles. The summed E-state index contributed by atoms with van der Waals surface area (Å²) in [6, 6.07) is 10.9. The molecule has 4 rings (SSSR count). The zero-order valence-corrected chi connectivity index (χ0v) is 21.8. The number of piperazine rings is 1. The van der Waals surface area contributed by atoms with Gasteiger partial charge in [-0.15, -0.1) is 0 Å². The molecule has 3 aromatic rings. The lowest BCUT2D eigenvalue weighted by Crippen LogP contribution is -2.52. The Labute approximate surface area is 219 Å². The van der Waals surface area contributed by atoms with E-state index in [-0.39, 0.29) is 36.4 Å². The highest BCUT2D eigenvalue weighted by atomic mass is 35.5. The van der Waals surface area contributed by atoms with E-state index < -0.39 is 0 Å². The lowest BCUT2D eigenvalue weighted by Gasteiger charge is -2.36. The normalized spacial score (nSPS) is 13.9. The Kier molecular flexibility index (Phi) is 8.16. The molecule has 1 aliphatic heterocycles. The third-order valence-electron chi connectivity index (χ3n) is 6.18. The molecule has 0 unspecified atom stereocenters. The van der Waals surface area contributed by atoms with Gasteiger partial charge in [-0.1, -0.05) is 29.3 Å². The molecule has 0 aliphatic carbocycles. The summed E-state index contributed by atoms with van der Waals surface area (Å²) >= 11 is 12.0. The van der Waals surface area contributed by atoms with Crippen LogP contribution in [0.5, 0.6) is 0 Å². The van der Waals surface area contributed by atoms with Gasteiger partial charge in [0.15, 0.2) is 5.78 Å². The minimum atomic E-state index is -0.250. The van der Waals surface area contributed by atoms with Gasteiger partial charge in [0.25, 0.3) is 5.56 Å². The summed E-state index contributed by atoms with van der Waals surface area (Å²) in [5, 5.41) is 4.31. The van der Waals surface area contributed by atoms with Gasteiger partial charge >= 0.3 is 6.03 Å². The predicted octanol–water partition coefficient (Wildman–Crippen LogP) is 4.15. The van der Waals surface area contributed by atoms with E-state index in [0.717, 1.165) is 11.3 Å². The van der Waals surface area contributed by atoms with Gasteiger partial charge in [-0.25, -0.2) is 9.78 Å². The van der Waals surface area contributed by atoms with E-state index in [1.807, 2.05) is 38.1 Å². The molecule has 8 nitrogen and oxygen atoms in total. The molecule has 1 N–H and O–H groups in total. The molecular formula is C26H29Cl2N5O3. The molecule has 0 saturated carbocycles. The van der Waals surface area contributed by atoms with Crippen molar-refractivity contribution in [3.8, 4) is 0 Å². The molecule has 36 heavy (non-hydrogen) atoms. The average Bonchev–Trinajstić information content (AvgIpc) is 2.86. The zero-order valence-electron chi connectivity index (χ0n) is 20.3. The van der Waals surface area contributed by atoms with Crippen molar-refractivity contribution in [1.82, 2.24) is 19.8 Å². The third kappa shape index (κ3) is 6.17. The molecule has 0 radical (unpaired) electrons. The maximum atomic E-state index is 13.2. The first-order valence-corrected chi connectivity index (χ1v) is 12.7. The largest absolute Gasteiger partial charge is 0.368 e. The second-order valence-corrected chi connectivity index (χ2v) is 10.1. The number of carbonyl (C=O) groups is 2. The van der Waals surface area contributed by atoms with Crippen LogP contribution in [0.2, 0.25) is 10.0 Å². The van der Waals surface area contributed by atoms with Crippen molar-refractivity contribution < 1.29 is 9.59 Å². The minimum absolute atomic E-state index is 0.0447. The third-order valence-corrected chi connectivity index (χ3v) is 6.91. The van der Waals surface area contributed by atoms with Crippen molar-refractivity contribution in [2.24, 2.45) is 0 Å². The number of Topliss-reactive ketones (excluding diaryl/α,β-unsaturated/α-hetero) is 1. The molecule has 0 spiro atoms. The molecule has 10 heteroatoms. The van der Waals surface area contributed by atoms with Gasteiger partial charge in [-0.3, -0.25) is 14.2 Å². The fraction of sp³-hybridized carbons (Fsp3) is 0.385. The van der Waals surface area contributed by atoms with Crippen LogP contribution in [0.3, 0.4) is 0 Å². The number of rotatable bonds is 7. The summed E-state index contributed by atoms with van der Waals surface area (Å²) < 4.78 is 1.36. The number of nitrogens with zero attached hydrogens (tertiary/aromatic N) is 4. The number of fused-ring (bicyclic) bond motifs is 1. The molecule has 2 heterocycles. The van der Waals surface area contributed by atoms with Crippen molar-refractivity contribution >= 4 is 51.6 Å². The number of aromatic nitrogens is 2. The molecule has 1 aromatic heterocycles. The quantitative estimate of drug-likeness (QED) is 0.496. The van der Waals surface area contributed by atoms with Crippen molar-refractivity contribution in [2.45, 2.75) is 39.3 Å². The highest BCUT2D eigenvalue weighted by Crippen LogP contribution is 2.23. The minimum Gasteiger partial charge on any atom is -0.368 e. The Bertz CT molecular complexity index is 1330. The van der Waals surface area contributed by atoms with Crippen LogP contribution in [0.1, 0.15) is 25.8 Å². The summed E-state index contributed by atoms with van der Waals surface area (Å²) in [5.41, 5.74) is 2.14. The van der Waals surface area contributed by atoms with Crippen molar-refractivity contribution in [2.75, 3.05) is 31.1 Å². The van der Waals surface area contributed by atoms with Gasteiger partial charge in [0.2, 0.25) is 0 Å². The number of aryl methyl sites for hydroxylation is 1. The number of carbonyl (C=O) groups excluding carboxylic acids is 2. The molecule has 1 fully saturated rings. The summed E-state index contributed by atoms with van der Waals surface area (Å²) in [5.74, 6) is -0.0729. The standard InChI is InChI=1S/C26H29Cl2N5O3/c1-17(2)30-26(36)32-11-9-31(10-12-32)19-5-8-24-21(14-19)25(35)33(16-29-24)15-20(34)6-3-18-4-7-22(27)23(28)13-18/h4-5,7-8,13-14,16-17H,3,6,9-12,15H2,1-2H3,(H,30,36). The molecule has 1 saturated heterocycles. The maximum Gasteiger partial charge on any atom is 0.317 e. The monoisotopic (exact) mass is 529 g/mol. The number of hydrogen-bond acceptors (Lipinski definition) is 5. The lowest BCUT2D eigenvalue weighted by molar-refractivity contribution is -0.119. The number of halogens is 2. The van der Waals surface area contributed by atoms with Crippen LogP contribution >= 0.6 is 23.2 Å². The summed E-state index contributed by atoms with van der Waals surface area (Å²) in [6.45, 7) is 6.36. The average molecular weight is 530 g/mol. The molecule has 0 bridgehead atoms. The van der Waals surface area contributed by atoms with E-state index in [0.29, 0.717) is 53.5 Å². The fourth-order valence-electron chi connectivity index (χ4n) is 4.21. The van der Waals surface area contributed by atoms with Crippen LogP contribution in [0.4, 0.5) is 10.5 Å². The Balaban J connectivity index is 1.42. The molecular weight excluding hydrogens is 501 g/mol. The Morgan fingerprint density at radius 1 is 1.03 bits per heavy atom. The van der Waals surface area contributed by atoms with Crippen LogP contribution in [0.15, 0.2) is 47.5 Å². The predicted molar refractivity (Wildman–Crippen MR) is 143 cm³/mol. The van der Waals surface area contributed by atoms with E-state index in [2.05, 4.69) is 15.2 Å². The molecule has 0 atom stereocenters. The van der Waals surface area contributed by atoms with Crippen LogP contribution in [-0.4, -0.2) is 58.5 Å². The number of nitrogens with one attached hydrogen (secondary N) is 1. The van der Waals surface area contributed by atoms with Gasteiger partial charge in [0, 0.05) is 44.3 Å². The Morgan fingerprint density at radius 3 is 2.47 bits per heavy atom. The van der Waals surface area contributed by atoms with Crippen molar-refractivity contribution in [3.05, 3.63) is 68.7 Å². The first-order chi connectivity index (χ1) is 17.2. The number of benzene rings is 2. The van der Waals surface area contributed by atoms with Crippen molar-refractivity contribution in [3.63, 3.8) is 0 Å². The van der Waals surface area contributed by atoms with Crippen LogP contribution < -0.4 is 15.8 Å². The summed E-state index contributed by atoms with van der Waals surface area (Å²) in [7, 11) is 0. The maximum absolute atomic E-state index is 13.2. The van der Waals surface area contributed by atoms with Gasteiger partial charge in [-0.2, -0.15) is 0 Å².